The summed E-state index contributed by atoms with van der Waals surface area (Å²) in [6.07, 6.45) is 48.6. The number of carbonyl (C=O) groups is 3. The van der Waals surface area contributed by atoms with Crippen molar-refractivity contribution in [3.05, 3.63) is 36.5 Å². The number of rotatable bonds is 41. The number of allylic oxidation sites excluding steroid dienone is 6. The highest BCUT2D eigenvalue weighted by Crippen LogP contribution is 2.13. The molecule has 54 heavy (non-hydrogen) atoms. The summed E-state index contributed by atoms with van der Waals surface area (Å²) in [5, 5.41) is 0. The van der Waals surface area contributed by atoms with Crippen molar-refractivity contribution in [3.8, 4) is 0 Å². The van der Waals surface area contributed by atoms with Gasteiger partial charge in [-0.05, 0) is 77.0 Å². The summed E-state index contributed by atoms with van der Waals surface area (Å²) < 4.78 is 16.6. The van der Waals surface area contributed by atoms with Crippen molar-refractivity contribution in [3.63, 3.8) is 0 Å². The molecule has 0 radical (unpaired) electrons. The lowest BCUT2D eigenvalue weighted by Gasteiger charge is -2.18. The van der Waals surface area contributed by atoms with Gasteiger partial charge in [0.25, 0.3) is 0 Å². The van der Waals surface area contributed by atoms with Crippen LogP contribution >= 0.6 is 0 Å². The molecule has 314 valence electrons. The molecule has 0 aromatic heterocycles. The molecule has 0 aromatic carbocycles. The summed E-state index contributed by atoms with van der Waals surface area (Å²) >= 11 is 0. The largest absolute Gasteiger partial charge is 0.462 e. The third kappa shape index (κ3) is 40.8. The van der Waals surface area contributed by atoms with Crippen LogP contribution in [0.2, 0.25) is 0 Å². The van der Waals surface area contributed by atoms with E-state index < -0.39 is 6.10 Å². The van der Waals surface area contributed by atoms with Crippen LogP contribution in [-0.2, 0) is 28.6 Å². The van der Waals surface area contributed by atoms with Gasteiger partial charge in [0.15, 0.2) is 6.10 Å². The molecule has 0 amide bonds. The molecule has 0 saturated heterocycles. The lowest BCUT2D eigenvalue weighted by atomic mass is 10.1. The molecule has 1 atom stereocenters. The number of hydrogen-bond donors (Lipinski definition) is 0. The molecule has 0 saturated carbocycles. The Kier molecular flexibility index (Phi) is 41.5. The molecular weight excluding hydrogens is 673 g/mol. The van der Waals surface area contributed by atoms with Gasteiger partial charge < -0.3 is 14.2 Å². The van der Waals surface area contributed by atoms with E-state index in [2.05, 4.69) is 57.2 Å². The molecule has 0 bridgehead atoms. The van der Waals surface area contributed by atoms with Gasteiger partial charge in [-0.2, -0.15) is 0 Å². The minimum absolute atomic E-state index is 0.0777. The molecule has 0 aliphatic heterocycles. The highest BCUT2D eigenvalue weighted by atomic mass is 16.6. The zero-order valence-corrected chi connectivity index (χ0v) is 35.7. The van der Waals surface area contributed by atoms with Crippen LogP contribution in [0.4, 0.5) is 0 Å². The first-order valence-electron chi connectivity index (χ1n) is 23.0. The molecule has 0 aliphatic carbocycles. The van der Waals surface area contributed by atoms with Crippen molar-refractivity contribution in [1.29, 1.82) is 0 Å². The third-order valence-corrected chi connectivity index (χ3v) is 9.87. The Hall–Kier alpha value is -2.37. The van der Waals surface area contributed by atoms with Crippen molar-refractivity contribution >= 4 is 17.9 Å². The fourth-order valence-corrected chi connectivity index (χ4v) is 6.35. The predicted octanol–water partition coefficient (Wildman–Crippen LogP) is 14.6. The van der Waals surface area contributed by atoms with Gasteiger partial charge in [0.2, 0.25) is 0 Å². The molecule has 1 unspecified atom stereocenters. The highest BCUT2D eigenvalue weighted by Gasteiger charge is 2.19. The molecule has 0 spiro atoms. The first-order valence-corrected chi connectivity index (χ1v) is 23.0. The SMILES string of the molecule is CCCCC/C=C\CCCCCCCC(=O)OC(COC(=O)CCCCCCCC)COC(=O)CCCCCCCCC/C=C\C/C=C\CCCCCC. The molecule has 6 heteroatoms. The van der Waals surface area contributed by atoms with Crippen molar-refractivity contribution in [1.82, 2.24) is 0 Å². The first-order chi connectivity index (χ1) is 26.5. The maximum absolute atomic E-state index is 12.7. The van der Waals surface area contributed by atoms with Crippen molar-refractivity contribution in [2.24, 2.45) is 0 Å². The fraction of sp³-hybridized carbons (Fsp3) is 0.812. The van der Waals surface area contributed by atoms with Crippen LogP contribution in [0.25, 0.3) is 0 Å². The quantitative estimate of drug-likeness (QED) is 0.0267. The van der Waals surface area contributed by atoms with Crippen molar-refractivity contribution in [2.75, 3.05) is 13.2 Å². The van der Waals surface area contributed by atoms with Gasteiger partial charge in [-0.3, -0.25) is 14.4 Å². The second-order valence-corrected chi connectivity index (χ2v) is 15.3. The molecule has 0 heterocycles. The van der Waals surface area contributed by atoms with Crippen LogP contribution < -0.4 is 0 Å². The first kappa shape index (κ1) is 51.6. The Labute approximate surface area is 334 Å². The van der Waals surface area contributed by atoms with E-state index in [1.807, 2.05) is 0 Å². The zero-order valence-electron chi connectivity index (χ0n) is 35.7. The zero-order chi connectivity index (χ0) is 39.4. The maximum Gasteiger partial charge on any atom is 0.306 e. The molecule has 0 aliphatic rings. The fourth-order valence-electron chi connectivity index (χ4n) is 6.35. The van der Waals surface area contributed by atoms with E-state index in [0.29, 0.717) is 19.3 Å². The van der Waals surface area contributed by atoms with Crippen LogP contribution in [0.3, 0.4) is 0 Å². The Balaban J connectivity index is 4.25. The van der Waals surface area contributed by atoms with Crippen LogP contribution in [0, 0.1) is 0 Å². The van der Waals surface area contributed by atoms with Gasteiger partial charge in [-0.15, -0.1) is 0 Å². The summed E-state index contributed by atoms with van der Waals surface area (Å²) in [5.74, 6) is -0.903. The summed E-state index contributed by atoms with van der Waals surface area (Å²) in [6.45, 7) is 6.52. The van der Waals surface area contributed by atoms with Gasteiger partial charge in [0.1, 0.15) is 13.2 Å². The standard InChI is InChI=1S/C48H86O6/c1-4-7-10-13-16-18-20-22-23-24-25-26-27-29-30-32-35-38-41-47(50)53-44-45(43-52-46(49)40-37-34-15-12-9-6-3)54-48(51)42-39-36-33-31-28-21-19-17-14-11-8-5-2/h17-20,23-24,45H,4-16,21-22,25-44H2,1-3H3/b19-17-,20-18-,24-23-. The molecule has 0 N–H and O–H groups in total. The molecule has 0 fully saturated rings. The van der Waals surface area contributed by atoms with Gasteiger partial charge in [0.05, 0.1) is 0 Å². The van der Waals surface area contributed by atoms with E-state index in [0.717, 1.165) is 83.5 Å². The number of carbonyl (C=O) groups excluding carboxylic acids is 3. The predicted molar refractivity (Wildman–Crippen MR) is 229 cm³/mol. The third-order valence-electron chi connectivity index (χ3n) is 9.87. The van der Waals surface area contributed by atoms with E-state index in [4.69, 9.17) is 14.2 Å². The number of esters is 3. The Morgan fingerprint density at radius 3 is 1.09 bits per heavy atom. The smallest absolute Gasteiger partial charge is 0.306 e. The highest BCUT2D eigenvalue weighted by molar-refractivity contribution is 5.71. The lowest BCUT2D eigenvalue weighted by molar-refractivity contribution is -0.167. The van der Waals surface area contributed by atoms with Crippen LogP contribution in [-0.4, -0.2) is 37.2 Å². The van der Waals surface area contributed by atoms with E-state index in [1.165, 1.54) is 109 Å². The monoisotopic (exact) mass is 759 g/mol. The second kappa shape index (κ2) is 43.4. The van der Waals surface area contributed by atoms with E-state index in [1.54, 1.807) is 0 Å². The number of unbranched alkanes of at least 4 members (excludes halogenated alkanes) is 24. The van der Waals surface area contributed by atoms with E-state index in [9.17, 15) is 14.4 Å². The minimum Gasteiger partial charge on any atom is -0.462 e. The average molecular weight is 759 g/mol. The summed E-state index contributed by atoms with van der Waals surface area (Å²) in [7, 11) is 0. The Morgan fingerprint density at radius 1 is 0.370 bits per heavy atom. The molecule has 0 aromatic rings. The summed E-state index contributed by atoms with van der Waals surface area (Å²) in [4.78, 5) is 37.5. The molecule has 6 nitrogen and oxygen atoms in total. The van der Waals surface area contributed by atoms with Gasteiger partial charge in [-0.25, -0.2) is 0 Å². The topological polar surface area (TPSA) is 78.9 Å². The number of ether oxygens (including phenoxy) is 3. The summed E-state index contributed by atoms with van der Waals surface area (Å²) in [6, 6.07) is 0. The second-order valence-electron chi connectivity index (χ2n) is 15.3. The Bertz CT molecular complexity index is 922. The van der Waals surface area contributed by atoms with Crippen molar-refractivity contribution < 1.29 is 28.6 Å². The molecular formula is C48H86O6. The van der Waals surface area contributed by atoms with E-state index >= 15 is 0 Å². The summed E-state index contributed by atoms with van der Waals surface area (Å²) in [5.41, 5.74) is 0. The average Bonchev–Trinajstić information content (AvgIpc) is 3.17. The Morgan fingerprint density at radius 2 is 0.667 bits per heavy atom. The minimum atomic E-state index is -0.773. The van der Waals surface area contributed by atoms with Gasteiger partial charge >= 0.3 is 17.9 Å². The van der Waals surface area contributed by atoms with Crippen LogP contribution in [0.15, 0.2) is 36.5 Å². The normalized spacial score (nSPS) is 12.3. The molecule has 0 rings (SSSR count). The van der Waals surface area contributed by atoms with Gasteiger partial charge in [-0.1, -0.05) is 173 Å². The lowest BCUT2D eigenvalue weighted by Crippen LogP contribution is -2.30. The van der Waals surface area contributed by atoms with Crippen LogP contribution in [0.1, 0.15) is 233 Å². The van der Waals surface area contributed by atoms with Crippen LogP contribution in [0.5, 0.6) is 0 Å². The van der Waals surface area contributed by atoms with Gasteiger partial charge in [0, 0.05) is 19.3 Å². The van der Waals surface area contributed by atoms with Crippen molar-refractivity contribution in [2.45, 2.75) is 239 Å². The maximum atomic E-state index is 12.7. The van der Waals surface area contributed by atoms with E-state index in [-0.39, 0.29) is 31.1 Å². The number of hydrogen-bond acceptors (Lipinski definition) is 6.